The summed E-state index contributed by atoms with van der Waals surface area (Å²) in [6, 6.07) is -4.41. The molecule has 1 unspecified atom stereocenters. The summed E-state index contributed by atoms with van der Waals surface area (Å²) in [6.07, 6.45) is -21.7. The number of carbonyl (C=O) groups excluding carboxylic acids is 1. The molecule has 4 fully saturated rings. The zero-order valence-electron chi connectivity index (χ0n) is 29.3. The van der Waals surface area contributed by atoms with Crippen LogP contribution in [0.5, 0.6) is 0 Å². The van der Waals surface area contributed by atoms with E-state index in [0.717, 1.165) is 0 Å². The third-order valence-corrected chi connectivity index (χ3v) is 10.1. The molecule has 0 radical (unpaired) electrons. The molecule has 0 aromatic rings. The average molecular weight is 773 g/mol. The highest BCUT2D eigenvalue weighted by atomic mass is 16.8. The molecule has 0 spiro atoms. The van der Waals surface area contributed by atoms with Gasteiger partial charge in [-0.1, -0.05) is 0 Å². The lowest BCUT2D eigenvalue weighted by Crippen LogP contribution is -2.67. The van der Waals surface area contributed by atoms with Crippen molar-refractivity contribution in [3.05, 3.63) is 0 Å². The molecule has 310 valence electrons. The van der Waals surface area contributed by atoms with Crippen LogP contribution in [0.1, 0.15) is 19.3 Å². The molecule has 4 aliphatic rings. The maximum absolute atomic E-state index is 12.8. The molecule has 1 saturated carbocycles. The predicted octanol–water partition coefficient (Wildman–Crippen LogP) is -10.0. The Labute approximate surface area is 306 Å². The maximum Gasteiger partial charge on any atom is 0.251 e. The molecule has 3 aliphatic heterocycles. The van der Waals surface area contributed by atoms with E-state index in [0.29, 0.717) is 19.5 Å². The summed E-state index contributed by atoms with van der Waals surface area (Å²) in [5, 5.41) is 90.2. The molecule has 0 aromatic heterocycles. The van der Waals surface area contributed by atoms with Crippen molar-refractivity contribution in [2.75, 3.05) is 39.3 Å². The van der Waals surface area contributed by atoms with Crippen LogP contribution in [0.4, 0.5) is 0 Å². The molecule has 23 nitrogen and oxygen atoms in total. The maximum atomic E-state index is 12.8. The van der Waals surface area contributed by atoms with Crippen molar-refractivity contribution in [2.45, 2.75) is 142 Å². The van der Waals surface area contributed by atoms with E-state index in [2.05, 4.69) is 10.6 Å². The first kappa shape index (κ1) is 44.3. The standard InChI is InChI=1S/C30H60N8O15/c31-2-1-3-37-8-16-13(40)5-11(35)28(49-16)51-24-10(34)4-12(38-27(47)20(43)14(41)6-32)19(42)26(24)53-30-23(46)25(17(9-39)50-30)52-29-18(36)22(45)21(44)15(7-33)48-29/h10-26,28-30,37,39-46H,1-9,31-36H2,(H,38,47)/t10-,11+,12+,13-,14+,15-,16+,17+,18+,19-,20?,21+,22+,23+,24+,25+,26+,28+,29+,30-/m0/s1. The third-order valence-electron chi connectivity index (χ3n) is 10.1. The highest BCUT2D eigenvalue weighted by molar-refractivity contribution is 5.81. The van der Waals surface area contributed by atoms with E-state index >= 15 is 0 Å². The monoisotopic (exact) mass is 772 g/mol. The van der Waals surface area contributed by atoms with Gasteiger partial charge in [0.05, 0.1) is 36.9 Å². The second kappa shape index (κ2) is 20.2. The first-order valence-corrected chi connectivity index (χ1v) is 17.8. The quantitative estimate of drug-likeness (QED) is 0.0610. The Morgan fingerprint density at radius 3 is 2.04 bits per heavy atom. The summed E-state index contributed by atoms with van der Waals surface area (Å²) in [5.41, 5.74) is 35.5. The van der Waals surface area contributed by atoms with E-state index in [9.17, 15) is 45.6 Å². The second-order valence-corrected chi connectivity index (χ2v) is 14.0. The molecule has 0 bridgehead atoms. The molecule has 3 heterocycles. The molecule has 3 saturated heterocycles. The number of nitrogens with two attached hydrogens (primary N) is 6. The van der Waals surface area contributed by atoms with Crippen molar-refractivity contribution in [1.29, 1.82) is 0 Å². The fraction of sp³-hybridized carbons (Fsp3) is 0.967. The van der Waals surface area contributed by atoms with E-state index < -0.39 is 141 Å². The van der Waals surface area contributed by atoms with Crippen LogP contribution >= 0.6 is 0 Å². The molecule has 53 heavy (non-hydrogen) atoms. The van der Waals surface area contributed by atoms with Crippen LogP contribution in [0, 0.1) is 0 Å². The lowest BCUT2D eigenvalue weighted by molar-refractivity contribution is -0.296. The Morgan fingerprint density at radius 2 is 1.40 bits per heavy atom. The molecular formula is C30H60N8O15. The third kappa shape index (κ3) is 10.5. The average Bonchev–Trinajstić information content (AvgIpc) is 3.43. The van der Waals surface area contributed by atoms with Crippen molar-refractivity contribution in [3.63, 3.8) is 0 Å². The summed E-state index contributed by atoms with van der Waals surface area (Å²) in [6.45, 7) is -0.0825. The van der Waals surface area contributed by atoms with Crippen molar-refractivity contribution in [2.24, 2.45) is 34.4 Å². The van der Waals surface area contributed by atoms with Crippen molar-refractivity contribution < 1.29 is 74.1 Å². The Hall–Kier alpha value is -1.37. The molecule has 22 N–H and O–H groups in total. The van der Waals surface area contributed by atoms with Gasteiger partial charge in [0.2, 0.25) is 0 Å². The van der Waals surface area contributed by atoms with Gasteiger partial charge in [-0.2, -0.15) is 0 Å². The van der Waals surface area contributed by atoms with Crippen LogP contribution in [-0.2, 0) is 33.2 Å². The number of aliphatic hydroxyl groups excluding tert-OH is 8. The summed E-state index contributed by atoms with van der Waals surface area (Å²) < 4.78 is 35.7. The molecule has 23 heteroatoms. The summed E-state index contributed by atoms with van der Waals surface area (Å²) in [4.78, 5) is 12.8. The van der Waals surface area contributed by atoms with Gasteiger partial charge in [0.15, 0.2) is 25.0 Å². The molecular weight excluding hydrogens is 712 g/mol. The smallest absolute Gasteiger partial charge is 0.251 e. The fourth-order valence-corrected chi connectivity index (χ4v) is 6.85. The molecule has 4 rings (SSSR count). The van der Waals surface area contributed by atoms with Gasteiger partial charge in [-0.15, -0.1) is 0 Å². The summed E-state index contributed by atoms with van der Waals surface area (Å²) >= 11 is 0. The predicted molar refractivity (Wildman–Crippen MR) is 179 cm³/mol. The first-order valence-electron chi connectivity index (χ1n) is 17.8. The van der Waals surface area contributed by atoms with Crippen LogP contribution in [0.2, 0.25) is 0 Å². The number of hydrogen-bond acceptors (Lipinski definition) is 22. The largest absolute Gasteiger partial charge is 0.394 e. The van der Waals surface area contributed by atoms with Gasteiger partial charge in [-0.3, -0.25) is 4.79 Å². The molecule has 20 atom stereocenters. The number of carbonyl (C=O) groups is 1. The zero-order valence-corrected chi connectivity index (χ0v) is 29.3. The minimum atomic E-state index is -1.94. The minimum Gasteiger partial charge on any atom is -0.394 e. The Balaban J connectivity index is 1.55. The van der Waals surface area contributed by atoms with E-state index in [4.69, 9.17) is 62.8 Å². The Morgan fingerprint density at radius 1 is 0.755 bits per heavy atom. The molecule has 1 aliphatic carbocycles. The van der Waals surface area contributed by atoms with Crippen LogP contribution in [0.15, 0.2) is 0 Å². The topological polar surface area (TPSA) is 414 Å². The lowest BCUT2D eigenvalue weighted by Gasteiger charge is -2.47. The van der Waals surface area contributed by atoms with Crippen LogP contribution in [0.25, 0.3) is 0 Å². The van der Waals surface area contributed by atoms with Crippen molar-refractivity contribution >= 4 is 5.91 Å². The van der Waals surface area contributed by atoms with Gasteiger partial charge >= 0.3 is 0 Å². The minimum absolute atomic E-state index is 0.0771. The highest BCUT2D eigenvalue weighted by Gasteiger charge is 2.54. The number of ether oxygens (including phenoxy) is 6. The van der Waals surface area contributed by atoms with E-state index in [-0.39, 0.29) is 25.9 Å². The fourth-order valence-electron chi connectivity index (χ4n) is 6.85. The van der Waals surface area contributed by atoms with Crippen LogP contribution < -0.4 is 45.0 Å². The van der Waals surface area contributed by atoms with Crippen molar-refractivity contribution in [1.82, 2.24) is 10.6 Å². The number of rotatable bonds is 17. The normalized spacial score (nSPS) is 44.8. The van der Waals surface area contributed by atoms with Crippen molar-refractivity contribution in [3.8, 4) is 0 Å². The van der Waals surface area contributed by atoms with Gasteiger partial charge in [-0.05, 0) is 32.4 Å². The SMILES string of the molecule is NCCCNC[C@H]1O[C@H](O[C@H]2[C@H](O[C@@H]3O[C@H](CO)[C@@H](O[C@H]4O[C@@H](CN)[C@@H](O)[C@H](O)[C@H]4N)[C@H]3O)[C@@H](O)[C@H](NC(=O)C(O)[C@H](O)CN)C[C@@H]2N)[C@H](N)C[C@@H]1O. The van der Waals surface area contributed by atoms with Gasteiger partial charge in [-0.25, -0.2) is 0 Å². The number of nitrogens with one attached hydrogen (secondary N) is 2. The van der Waals surface area contributed by atoms with E-state index in [1.807, 2.05) is 0 Å². The number of hydrogen-bond donors (Lipinski definition) is 16. The number of aliphatic hydroxyl groups is 8. The van der Waals surface area contributed by atoms with Crippen LogP contribution in [-0.4, -0.2) is 208 Å². The van der Waals surface area contributed by atoms with Crippen LogP contribution in [0.3, 0.4) is 0 Å². The van der Waals surface area contributed by atoms with Gasteiger partial charge in [0.1, 0.15) is 61.0 Å². The zero-order chi connectivity index (χ0) is 39.1. The number of amides is 1. The highest BCUT2D eigenvalue weighted by Crippen LogP contribution is 2.34. The van der Waals surface area contributed by atoms with Gasteiger partial charge < -0.3 is 114 Å². The Bertz CT molecular complexity index is 1130. The lowest BCUT2D eigenvalue weighted by atomic mass is 9.83. The van der Waals surface area contributed by atoms with E-state index in [1.54, 1.807) is 0 Å². The summed E-state index contributed by atoms with van der Waals surface area (Å²) in [7, 11) is 0. The Kier molecular flexibility index (Phi) is 16.9. The first-order chi connectivity index (χ1) is 25.2. The summed E-state index contributed by atoms with van der Waals surface area (Å²) in [5.74, 6) is -1.06. The van der Waals surface area contributed by atoms with E-state index in [1.165, 1.54) is 0 Å². The van der Waals surface area contributed by atoms with Gasteiger partial charge in [0.25, 0.3) is 5.91 Å². The van der Waals surface area contributed by atoms with Gasteiger partial charge in [0, 0.05) is 25.7 Å². The second-order valence-electron chi connectivity index (χ2n) is 14.0. The molecule has 0 aromatic carbocycles. The molecule has 1 amide bonds.